The molecule has 0 fully saturated rings. The molecule has 1 N–H and O–H groups in total. The molecule has 0 aromatic heterocycles. The smallest absolute Gasteiger partial charge is 0.244 e. The van der Waals surface area contributed by atoms with Gasteiger partial charge in [-0.25, -0.2) is 8.42 Å². The van der Waals surface area contributed by atoms with Gasteiger partial charge in [-0.1, -0.05) is 96.9 Å². The summed E-state index contributed by atoms with van der Waals surface area (Å²) in [5, 5.41) is 3.55. The van der Waals surface area contributed by atoms with E-state index in [1.54, 1.807) is 42.5 Å². The average molecular weight is 683 g/mol. The van der Waals surface area contributed by atoms with E-state index >= 15 is 0 Å². The second-order valence-electron chi connectivity index (χ2n) is 10.8. The minimum absolute atomic E-state index is 0.113. The van der Waals surface area contributed by atoms with Crippen molar-refractivity contribution >= 4 is 50.7 Å². The van der Waals surface area contributed by atoms with Crippen LogP contribution in [0.5, 0.6) is 5.75 Å². The quantitative estimate of drug-likeness (QED) is 0.154. The van der Waals surface area contributed by atoms with Crippen LogP contribution >= 0.6 is 23.2 Å². The first-order chi connectivity index (χ1) is 22.1. The van der Waals surface area contributed by atoms with Crippen molar-refractivity contribution in [2.75, 3.05) is 23.7 Å². The second kappa shape index (κ2) is 16.5. The van der Waals surface area contributed by atoms with Gasteiger partial charge >= 0.3 is 0 Å². The lowest BCUT2D eigenvalue weighted by Crippen LogP contribution is -2.53. The maximum Gasteiger partial charge on any atom is 0.244 e. The molecule has 4 aromatic carbocycles. The molecule has 0 radical (unpaired) electrons. The minimum atomic E-state index is -3.93. The summed E-state index contributed by atoms with van der Waals surface area (Å²) in [7, 11) is -3.93. The monoisotopic (exact) mass is 681 g/mol. The summed E-state index contributed by atoms with van der Waals surface area (Å²) < 4.78 is 33.1. The minimum Gasteiger partial charge on any atom is -0.489 e. The van der Waals surface area contributed by atoms with Gasteiger partial charge < -0.3 is 15.0 Å². The second-order valence-corrected chi connectivity index (χ2v) is 13.5. The van der Waals surface area contributed by atoms with Crippen molar-refractivity contribution in [2.24, 2.45) is 0 Å². The van der Waals surface area contributed by atoms with Crippen LogP contribution in [0.1, 0.15) is 30.0 Å². The van der Waals surface area contributed by atoms with Crippen LogP contribution < -0.4 is 14.4 Å². The average Bonchev–Trinajstić information content (AvgIpc) is 3.05. The Morgan fingerprint density at radius 1 is 0.826 bits per heavy atom. The molecule has 0 aliphatic heterocycles. The third-order valence-corrected chi connectivity index (χ3v) is 9.11. The molecule has 0 bridgehead atoms. The maximum absolute atomic E-state index is 14.3. The van der Waals surface area contributed by atoms with E-state index in [-0.39, 0.29) is 24.6 Å². The van der Waals surface area contributed by atoms with E-state index in [4.69, 9.17) is 27.9 Å². The van der Waals surface area contributed by atoms with Crippen LogP contribution in [0, 0.1) is 0 Å². The van der Waals surface area contributed by atoms with Gasteiger partial charge in [-0.2, -0.15) is 0 Å². The number of carbonyl (C=O) groups excluding carboxylic acids is 2. The maximum atomic E-state index is 14.3. The van der Waals surface area contributed by atoms with Crippen molar-refractivity contribution in [3.05, 3.63) is 130 Å². The predicted octanol–water partition coefficient (Wildman–Crippen LogP) is 6.50. The Morgan fingerprint density at radius 3 is 1.98 bits per heavy atom. The van der Waals surface area contributed by atoms with Crippen molar-refractivity contribution in [2.45, 2.75) is 39.0 Å². The fourth-order valence-electron chi connectivity index (χ4n) is 4.84. The number of sulfonamides is 1. The lowest BCUT2D eigenvalue weighted by atomic mass is 10.0. The van der Waals surface area contributed by atoms with E-state index in [0.29, 0.717) is 40.9 Å². The van der Waals surface area contributed by atoms with Crippen molar-refractivity contribution in [3.63, 3.8) is 0 Å². The molecule has 0 unspecified atom stereocenters. The first-order valence-electron chi connectivity index (χ1n) is 14.8. The Hall–Kier alpha value is -4.05. The van der Waals surface area contributed by atoms with Gasteiger partial charge in [-0.05, 0) is 53.9 Å². The third-order valence-electron chi connectivity index (χ3n) is 7.26. The number of benzene rings is 4. The van der Waals surface area contributed by atoms with Gasteiger partial charge in [-0.3, -0.25) is 13.9 Å². The highest BCUT2D eigenvalue weighted by atomic mass is 35.5. The standard InChI is InChI=1S/C35H37Cl2N3O5S/c1-3-21-38-35(42)33(22-26-11-6-4-7-12-26)39(23-30-31(36)15-10-16-32(30)37)34(41)24-40(46(2,43)44)28-17-19-29(20-18-28)45-25-27-13-8-5-9-14-27/h4-20,33H,3,21-25H2,1-2H3,(H,38,42)/t33-/m0/s1. The molecule has 1 atom stereocenters. The summed E-state index contributed by atoms with van der Waals surface area (Å²) in [6.45, 7) is 2.01. The zero-order valence-corrected chi connectivity index (χ0v) is 28.1. The molecule has 0 saturated heterocycles. The summed E-state index contributed by atoms with van der Waals surface area (Å²) in [4.78, 5) is 29.3. The Labute approximate surface area is 280 Å². The number of halogens is 2. The normalized spacial score (nSPS) is 11.8. The van der Waals surface area contributed by atoms with Crippen LogP contribution in [0.4, 0.5) is 5.69 Å². The highest BCUT2D eigenvalue weighted by molar-refractivity contribution is 7.92. The van der Waals surface area contributed by atoms with Crippen LogP contribution in [0.3, 0.4) is 0 Å². The molecule has 0 spiro atoms. The molecule has 0 aliphatic rings. The SMILES string of the molecule is CCCNC(=O)[C@H](Cc1ccccc1)N(Cc1c(Cl)cccc1Cl)C(=O)CN(c1ccc(OCc2ccccc2)cc1)S(C)(=O)=O. The van der Waals surface area contributed by atoms with Gasteiger partial charge in [-0.15, -0.1) is 0 Å². The van der Waals surface area contributed by atoms with Crippen LogP contribution in [0.15, 0.2) is 103 Å². The summed E-state index contributed by atoms with van der Waals surface area (Å²) in [6.07, 6.45) is 1.92. The molecule has 0 saturated carbocycles. The van der Waals surface area contributed by atoms with Gasteiger partial charge in [0, 0.05) is 35.1 Å². The molecular weight excluding hydrogens is 645 g/mol. The van der Waals surface area contributed by atoms with E-state index in [0.717, 1.165) is 21.7 Å². The van der Waals surface area contributed by atoms with Crippen molar-refractivity contribution in [1.29, 1.82) is 0 Å². The van der Waals surface area contributed by atoms with Crippen LogP contribution in [0.2, 0.25) is 10.0 Å². The zero-order valence-electron chi connectivity index (χ0n) is 25.7. The van der Waals surface area contributed by atoms with Crippen LogP contribution in [-0.2, 0) is 39.2 Å². The number of hydrogen-bond acceptors (Lipinski definition) is 5. The Morgan fingerprint density at radius 2 is 1.41 bits per heavy atom. The number of carbonyl (C=O) groups is 2. The van der Waals surface area contributed by atoms with Gasteiger partial charge in [0.2, 0.25) is 21.8 Å². The largest absolute Gasteiger partial charge is 0.489 e. The molecule has 242 valence electrons. The van der Waals surface area contributed by atoms with E-state index in [1.165, 1.54) is 4.90 Å². The summed E-state index contributed by atoms with van der Waals surface area (Å²) in [5.74, 6) is -0.427. The highest BCUT2D eigenvalue weighted by Crippen LogP contribution is 2.28. The lowest BCUT2D eigenvalue weighted by Gasteiger charge is -2.34. The highest BCUT2D eigenvalue weighted by Gasteiger charge is 2.33. The fourth-order valence-corrected chi connectivity index (χ4v) is 6.20. The van der Waals surface area contributed by atoms with Gasteiger partial charge in [0.1, 0.15) is 24.9 Å². The van der Waals surface area contributed by atoms with Gasteiger partial charge in [0.15, 0.2) is 0 Å². The first-order valence-corrected chi connectivity index (χ1v) is 17.5. The molecular formula is C35H37Cl2N3O5S. The lowest BCUT2D eigenvalue weighted by molar-refractivity contribution is -0.140. The predicted molar refractivity (Wildman–Crippen MR) is 184 cm³/mol. The Bertz CT molecular complexity index is 1690. The molecule has 8 nitrogen and oxygen atoms in total. The third kappa shape index (κ3) is 9.72. The number of ether oxygens (including phenoxy) is 1. The number of nitrogens with zero attached hydrogens (tertiary/aromatic N) is 2. The van der Waals surface area contributed by atoms with Gasteiger partial charge in [0.25, 0.3) is 0 Å². The topological polar surface area (TPSA) is 96.0 Å². The summed E-state index contributed by atoms with van der Waals surface area (Å²) in [5.41, 5.74) is 2.54. The molecule has 2 amide bonds. The van der Waals surface area contributed by atoms with E-state index in [2.05, 4.69) is 5.32 Å². The van der Waals surface area contributed by atoms with Crippen molar-refractivity contribution < 1.29 is 22.7 Å². The number of amides is 2. The Kier molecular flexibility index (Phi) is 12.5. The number of hydrogen-bond donors (Lipinski definition) is 1. The fraction of sp³-hybridized carbons (Fsp3) is 0.257. The molecule has 0 heterocycles. The van der Waals surface area contributed by atoms with Crippen molar-refractivity contribution in [3.8, 4) is 5.75 Å². The number of nitrogens with one attached hydrogen (secondary N) is 1. The number of anilines is 1. The molecule has 4 aromatic rings. The Balaban J connectivity index is 1.66. The molecule has 11 heteroatoms. The van der Waals surface area contributed by atoms with Crippen LogP contribution in [0.25, 0.3) is 0 Å². The first kappa shape index (κ1) is 34.8. The summed E-state index contributed by atoms with van der Waals surface area (Å²) >= 11 is 13.0. The molecule has 46 heavy (non-hydrogen) atoms. The molecule has 4 rings (SSSR count). The van der Waals surface area contributed by atoms with E-state index in [9.17, 15) is 18.0 Å². The summed E-state index contributed by atoms with van der Waals surface area (Å²) in [6, 6.07) is 29.4. The van der Waals surface area contributed by atoms with E-state index in [1.807, 2.05) is 67.6 Å². The number of rotatable bonds is 15. The zero-order chi connectivity index (χ0) is 33.1. The van der Waals surface area contributed by atoms with Crippen molar-refractivity contribution in [1.82, 2.24) is 10.2 Å². The van der Waals surface area contributed by atoms with Crippen LogP contribution in [-0.4, -0.2) is 50.5 Å². The van der Waals surface area contributed by atoms with Gasteiger partial charge in [0.05, 0.1) is 11.9 Å². The van der Waals surface area contributed by atoms with E-state index < -0.39 is 28.5 Å². The molecule has 0 aliphatic carbocycles.